The molecule has 0 aromatic rings. The van der Waals surface area contributed by atoms with Crippen LogP contribution in [0.15, 0.2) is 24.3 Å². The summed E-state index contributed by atoms with van der Waals surface area (Å²) in [5, 5.41) is 0. The third-order valence-electron chi connectivity index (χ3n) is 5.86. The van der Waals surface area contributed by atoms with Crippen LogP contribution in [-0.4, -0.2) is 23.1 Å². The molecular formula is C29H50O6. The largest absolute Gasteiger partial charge is 0.346 e. The van der Waals surface area contributed by atoms with Gasteiger partial charge in [0.1, 0.15) is 11.2 Å². The van der Waals surface area contributed by atoms with Crippen LogP contribution in [0.4, 0.5) is 0 Å². The maximum atomic E-state index is 12.6. The highest BCUT2D eigenvalue weighted by molar-refractivity contribution is 5.72. The standard InChI is InChI=1S/C29H50O6/c1-8-24-21-20-23(22-25(24)27(31)33-35-29(5,6)7)18-16-14-12-10-9-11-13-15-17-19-26(30)32-34-28(2,3)4/h12,14,20-21,23-25H,8-11,13,15-19,22H2,1-7H3. The Bertz CT molecular complexity index is 668. The van der Waals surface area contributed by atoms with Gasteiger partial charge in [-0.3, -0.25) is 9.78 Å². The summed E-state index contributed by atoms with van der Waals surface area (Å²) in [4.78, 5) is 44.4. The SMILES string of the molecule is CCC1C=CC(CCC=CCCCCCCCC(=O)OOC(C)(C)C)CC1C(=O)OOC(C)(C)C. The average molecular weight is 495 g/mol. The fourth-order valence-electron chi connectivity index (χ4n) is 3.97. The van der Waals surface area contributed by atoms with Gasteiger partial charge in [0.05, 0.1) is 5.92 Å². The van der Waals surface area contributed by atoms with Gasteiger partial charge in [-0.1, -0.05) is 50.5 Å². The van der Waals surface area contributed by atoms with Crippen molar-refractivity contribution in [1.82, 2.24) is 0 Å². The molecule has 3 unspecified atom stereocenters. The maximum Gasteiger partial charge on any atom is 0.346 e. The van der Waals surface area contributed by atoms with E-state index in [9.17, 15) is 9.59 Å². The van der Waals surface area contributed by atoms with E-state index in [2.05, 4.69) is 31.2 Å². The highest BCUT2D eigenvalue weighted by Gasteiger charge is 2.33. The minimum absolute atomic E-state index is 0.130. The van der Waals surface area contributed by atoms with Gasteiger partial charge in [0.25, 0.3) is 0 Å². The van der Waals surface area contributed by atoms with Crippen LogP contribution in [-0.2, 0) is 29.1 Å². The van der Waals surface area contributed by atoms with Crippen LogP contribution >= 0.6 is 0 Å². The predicted molar refractivity (Wildman–Crippen MR) is 139 cm³/mol. The lowest BCUT2D eigenvalue weighted by molar-refractivity contribution is -0.324. The van der Waals surface area contributed by atoms with Gasteiger partial charge in [0.2, 0.25) is 0 Å². The molecular weight excluding hydrogens is 444 g/mol. The first-order valence-electron chi connectivity index (χ1n) is 13.5. The second-order valence-corrected chi connectivity index (χ2v) is 11.7. The van der Waals surface area contributed by atoms with Crippen molar-refractivity contribution >= 4 is 11.9 Å². The number of hydrogen-bond donors (Lipinski definition) is 0. The van der Waals surface area contributed by atoms with E-state index < -0.39 is 11.2 Å². The third-order valence-corrected chi connectivity index (χ3v) is 5.86. The Kier molecular flexibility index (Phi) is 14.5. The number of hydrogen-bond acceptors (Lipinski definition) is 6. The van der Waals surface area contributed by atoms with Gasteiger partial charge >= 0.3 is 11.9 Å². The Labute approximate surface area is 213 Å². The highest BCUT2D eigenvalue weighted by atomic mass is 17.2. The van der Waals surface area contributed by atoms with Crippen molar-refractivity contribution in [2.75, 3.05) is 0 Å². The van der Waals surface area contributed by atoms with Crippen LogP contribution < -0.4 is 0 Å². The van der Waals surface area contributed by atoms with E-state index in [-0.39, 0.29) is 23.8 Å². The lowest BCUT2D eigenvalue weighted by Gasteiger charge is -2.30. The molecule has 1 aliphatic carbocycles. The lowest BCUT2D eigenvalue weighted by Crippen LogP contribution is -2.32. The molecule has 35 heavy (non-hydrogen) atoms. The molecule has 0 saturated carbocycles. The van der Waals surface area contributed by atoms with Crippen LogP contribution in [0.3, 0.4) is 0 Å². The van der Waals surface area contributed by atoms with Crippen molar-refractivity contribution in [3.63, 3.8) is 0 Å². The quantitative estimate of drug-likeness (QED) is 0.1000. The molecule has 0 heterocycles. The highest BCUT2D eigenvalue weighted by Crippen LogP contribution is 2.34. The van der Waals surface area contributed by atoms with Gasteiger partial charge in [0, 0.05) is 6.42 Å². The fraction of sp³-hybridized carbons (Fsp3) is 0.793. The summed E-state index contributed by atoms with van der Waals surface area (Å²) >= 11 is 0. The zero-order valence-electron chi connectivity index (χ0n) is 23.3. The molecule has 0 aliphatic heterocycles. The Morgan fingerprint density at radius 3 is 2.09 bits per heavy atom. The number of carbonyl (C=O) groups excluding carboxylic acids is 2. The van der Waals surface area contributed by atoms with Crippen molar-refractivity contribution in [3.05, 3.63) is 24.3 Å². The first-order chi connectivity index (χ1) is 16.4. The Morgan fingerprint density at radius 2 is 1.43 bits per heavy atom. The average Bonchev–Trinajstić information content (AvgIpc) is 2.78. The molecule has 1 aliphatic rings. The third kappa shape index (κ3) is 15.8. The van der Waals surface area contributed by atoms with Gasteiger partial charge < -0.3 is 0 Å². The van der Waals surface area contributed by atoms with Crippen LogP contribution in [0.1, 0.15) is 119 Å². The fourth-order valence-corrected chi connectivity index (χ4v) is 3.97. The monoisotopic (exact) mass is 494 g/mol. The molecule has 0 aromatic carbocycles. The lowest BCUT2D eigenvalue weighted by atomic mass is 9.76. The summed E-state index contributed by atoms with van der Waals surface area (Å²) in [6.07, 6.45) is 19.6. The molecule has 6 nitrogen and oxygen atoms in total. The second kappa shape index (κ2) is 16.2. The zero-order chi connectivity index (χ0) is 26.3. The van der Waals surface area contributed by atoms with Crippen molar-refractivity contribution in [1.29, 1.82) is 0 Å². The van der Waals surface area contributed by atoms with Crippen LogP contribution in [0.2, 0.25) is 0 Å². The Balaban J connectivity index is 2.15. The van der Waals surface area contributed by atoms with E-state index in [0.717, 1.165) is 57.8 Å². The molecule has 202 valence electrons. The Hall–Kier alpha value is -1.66. The summed E-state index contributed by atoms with van der Waals surface area (Å²) in [5.74, 6) is -0.0428. The summed E-state index contributed by atoms with van der Waals surface area (Å²) in [5.41, 5.74) is -0.965. The van der Waals surface area contributed by atoms with Crippen LogP contribution in [0, 0.1) is 17.8 Å². The number of allylic oxidation sites excluding steroid dienone is 4. The van der Waals surface area contributed by atoms with Gasteiger partial charge in [-0.2, -0.15) is 9.78 Å². The summed E-state index contributed by atoms with van der Waals surface area (Å²) in [7, 11) is 0. The molecule has 0 aromatic heterocycles. The smallest absolute Gasteiger partial charge is 0.298 e. The van der Waals surface area contributed by atoms with E-state index in [1.165, 1.54) is 6.42 Å². The predicted octanol–water partition coefficient (Wildman–Crippen LogP) is 7.82. The van der Waals surface area contributed by atoms with E-state index in [4.69, 9.17) is 19.6 Å². The first kappa shape index (κ1) is 31.4. The molecule has 0 spiro atoms. The number of unbranched alkanes of at least 4 members (excludes halogenated alkanes) is 5. The first-order valence-corrected chi connectivity index (χ1v) is 13.5. The summed E-state index contributed by atoms with van der Waals surface area (Å²) < 4.78 is 0. The van der Waals surface area contributed by atoms with Crippen molar-refractivity contribution in [2.24, 2.45) is 17.8 Å². The van der Waals surface area contributed by atoms with Gasteiger partial charge in [-0.05, 0) is 98.3 Å². The van der Waals surface area contributed by atoms with Crippen LogP contribution in [0.25, 0.3) is 0 Å². The molecule has 0 bridgehead atoms. The van der Waals surface area contributed by atoms with E-state index in [0.29, 0.717) is 12.3 Å². The molecule has 0 radical (unpaired) electrons. The van der Waals surface area contributed by atoms with Gasteiger partial charge in [-0.15, -0.1) is 0 Å². The van der Waals surface area contributed by atoms with Crippen molar-refractivity contribution in [3.8, 4) is 0 Å². The topological polar surface area (TPSA) is 71.1 Å². The van der Waals surface area contributed by atoms with Gasteiger partial charge in [0.15, 0.2) is 0 Å². The molecule has 0 N–H and O–H groups in total. The number of rotatable bonds is 15. The zero-order valence-corrected chi connectivity index (χ0v) is 23.3. The minimum Gasteiger partial charge on any atom is -0.298 e. The maximum absolute atomic E-state index is 12.6. The number of carbonyl (C=O) groups is 2. The molecule has 0 fully saturated rings. The Morgan fingerprint density at radius 1 is 0.829 bits per heavy atom. The van der Waals surface area contributed by atoms with Crippen LogP contribution in [0.5, 0.6) is 0 Å². The van der Waals surface area contributed by atoms with E-state index in [1.54, 1.807) is 0 Å². The van der Waals surface area contributed by atoms with Gasteiger partial charge in [-0.25, -0.2) is 9.59 Å². The molecule has 1 rings (SSSR count). The molecule has 3 atom stereocenters. The minimum atomic E-state index is -0.499. The van der Waals surface area contributed by atoms with E-state index in [1.807, 2.05) is 41.5 Å². The molecule has 6 heteroatoms. The van der Waals surface area contributed by atoms with Crippen molar-refractivity contribution in [2.45, 2.75) is 130 Å². The second-order valence-electron chi connectivity index (χ2n) is 11.7. The summed E-state index contributed by atoms with van der Waals surface area (Å²) in [6, 6.07) is 0. The molecule has 0 amide bonds. The molecule has 0 saturated heterocycles. The normalized spacial score (nSPS) is 20.8. The summed E-state index contributed by atoms with van der Waals surface area (Å²) in [6.45, 7) is 13.3. The van der Waals surface area contributed by atoms with E-state index >= 15 is 0 Å². The van der Waals surface area contributed by atoms with Crippen molar-refractivity contribution < 1.29 is 29.1 Å².